The average molecular weight is 1120 g/mol. The van der Waals surface area contributed by atoms with Crippen molar-refractivity contribution in [3.05, 3.63) is 125 Å². The molecule has 0 radical (unpaired) electrons. The molecule has 1 aliphatic heterocycles. The van der Waals surface area contributed by atoms with Crippen molar-refractivity contribution >= 4 is 17.7 Å². The van der Waals surface area contributed by atoms with Crippen LogP contribution in [-0.2, 0) is 28.6 Å². The van der Waals surface area contributed by atoms with Crippen LogP contribution < -0.4 is 0 Å². The average Bonchev–Trinajstić information content (AvgIpc) is 2.17. The number of hydrogen-bond acceptors (Lipinski definition) is 7. The Hall–Kier alpha value is -4.29. The van der Waals surface area contributed by atoms with Crippen LogP contribution in [-0.4, -0.2) is 51.8 Å². The fourth-order valence-corrected chi connectivity index (χ4v) is 12.4. The third kappa shape index (κ3) is 27.3. The summed E-state index contributed by atoms with van der Waals surface area (Å²) in [5, 5.41) is 11.6. The Morgan fingerprint density at radius 1 is 0.531 bits per heavy atom. The molecule has 0 aromatic heterocycles. The summed E-state index contributed by atoms with van der Waals surface area (Å²) in [6.45, 7) is 24.9. The van der Waals surface area contributed by atoms with Crippen molar-refractivity contribution in [2.24, 2.45) is 10.8 Å². The minimum atomic E-state index is -1.14. The smallest absolute Gasteiger partial charge is 0.306 e. The van der Waals surface area contributed by atoms with Gasteiger partial charge < -0.3 is 19.3 Å². The summed E-state index contributed by atoms with van der Waals surface area (Å²) in [4.78, 5) is 39.4. The number of Topliss-reactive ketones (excluding diaryl/α,β-unsaturated/α-hetero) is 1. The fraction of sp³-hybridized carbons (Fsp3) is 0.676. The molecule has 1 N–H and O–H groups in total. The van der Waals surface area contributed by atoms with Gasteiger partial charge in [0.15, 0.2) is 5.78 Å². The van der Waals surface area contributed by atoms with Crippen LogP contribution in [0.1, 0.15) is 282 Å². The lowest BCUT2D eigenvalue weighted by atomic mass is 9.61. The summed E-state index contributed by atoms with van der Waals surface area (Å²) in [5.41, 5.74) is 5.21. The molecule has 3 fully saturated rings. The van der Waals surface area contributed by atoms with E-state index >= 15 is 0 Å². The molecule has 2 aliphatic carbocycles. The van der Waals surface area contributed by atoms with Crippen LogP contribution in [0.2, 0.25) is 0 Å². The third-order valence-corrected chi connectivity index (χ3v) is 17.2. The van der Waals surface area contributed by atoms with Crippen LogP contribution in [0.3, 0.4) is 0 Å². The molecular formula is C74H116O7. The van der Waals surface area contributed by atoms with Gasteiger partial charge in [-0.15, -0.1) is 5.73 Å². The number of esters is 2. The van der Waals surface area contributed by atoms with Gasteiger partial charge in [-0.1, -0.05) is 228 Å². The van der Waals surface area contributed by atoms with Gasteiger partial charge >= 0.3 is 11.9 Å². The Kier molecular flexibility index (Phi) is 33.1. The molecule has 0 aromatic carbocycles. The normalized spacial score (nSPS) is 24.2. The lowest BCUT2D eigenvalue weighted by Crippen LogP contribution is -2.49. The number of carbonyl (C=O) groups excluding carboxylic acids is 3. The third-order valence-electron chi connectivity index (χ3n) is 17.2. The first-order valence-electron chi connectivity index (χ1n) is 32.4. The van der Waals surface area contributed by atoms with Crippen molar-refractivity contribution in [1.29, 1.82) is 0 Å². The molecule has 7 heteroatoms. The maximum Gasteiger partial charge on any atom is 0.306 e. The Labute approximate surface area is 495 Å². The lowest BCUT2D eigenvalue weighted by molar-refractivity contribution is -0.156. The molecule has 0 unspecified atom stereocenters. The summed E-state index contributed by atoms with van der Waals surface area (Å²) in [7, 11) is 0. The summed E-state index contributed by atoms with van der Waals surface area (Å²) < 4.78 is 18.5. The number of carbonyl (C=O) groups is 3. The standard InChI is InChI=1S/C74H116O7/c1-13-15-17-19-21-23-25-27-28-30-32-34-36-38-40-52-69(77)80-65-56-71(9,10)74(73(12,58-65)81-74)59-66(75)63(6)50-44-49-61(4)46-42-41-45-60(3)47-43-48-62(5)53-54-67-70(7,8)55-64(57-72(67,11)78)79-68(76)51-39-37-35-33-31-29-26-24-22-20-18-16-14-2/h24,26-28,41-50,53,64-65,78H,13-23,25,29-40,51-52,55-59H2,1-12H3/b26-24-,28-27-,42-41+,47-43+,49-44+,60-45+,61-46+,62-48+,63-50+/t54?,64-,65-,72+,73+,74-/m0/s1. The van der Waals surface area contributed by atoms with Gasteiger partial charge in [-0.25, -0.2) is 0 Å². The van der Waals surface area contributed by atoms with Gasteiger partial charge in [-0.05, 0) is 141 Å². The molecule has 7 nitrogen and oxygen atoms in total. The Morgan fingerprint density at radius 2 is 0.951 bits per heavy atom. The van der Waals surface area contributed by atoms with E-state index in [0.717, 1.165) is 73.7 Å². The zero-order chi connectivity index (χ0) is 59.6. The SMILES string of the molecule is CCCCCC/C=C\CCCCCCCC(=O)O[C@H]1CC(C)(C)C(=C=C/C(C)=C/C=C/C(C)=C/C=C/C=C(C)/C=C/C=C(\C)C(=O)C[C@@]23O[C@]2(C)C[C@@H](OC(=O)CCCCCCC/C=C\CCCCCCCC)CC3(C)C)[C@](C)(O)C1. The molecule has 1 heterocycles. The van der Waals surface area contributed by atoms with E-state index in [-0.39, 0.29) is 40.8 Å². The zero-order valence-electron chi connectivity index (χ0n) is 53.6. The molecule has 1 saturated heterocycles. The second-order valence-electron chi connectivity index (χ2n) is 26.2. The number of aliphatic hydroxyl groups is 1. The molecule has 5 atom stereocenters. The number of ketones is 1. The second-order valence-corrected chi connectivity index (χ2v) is 26.2. The number of ether oxygens (including phenoxy) is 3. The van der Waals surface area contributed by atoms with Gasteiger partial charge in [0.25, 0.3) is 0 Å². The van der Waals surface area contributed by atoms with Crippen molar-refractivity contribution in [3.8, 4) is 0 Å². The first-order valence-corrected chi connectivity index (χ1v) is 32.4. The van der Waals surface area contributed by atoms with Crippen LogP contribution in [0.15, 0.2) is 125 Å². The first-order chi connectivity index (χ1) is 38.6. The fourth-order valence-electron chi connectivity index (χ4n) is 12.4. The van der Waals surface area contributed by atoms with Crippen LogP contribution in [0.5, 0.6) is 0 Å². The number of unbranched alkanes of at least 4 members (excludes halogenated alkanes) is 20. The summed E-state index contributed by atoms with van der Waals surface area (Å²) >= 11 is 0. The number of epoxide rings is 1. The van der Waals surface area contributed by atoms with Crippen molar-refractivity contribution in [2.45, 2.75) is 311 Å². The van der Waals surface area contributed by atoms with Crippen LogP contribution in [0.25, 0.3) is 0 Å². The molecule has 2 saturated carbocycles. The monoisotopic (exact) mass is 1120 g/mol. The number of allylic oxidation sites excluding steroid dienone is 18. The molecule has 454 valence electrons. The Bertz CT molecular complexity index is 2240. The Morgan fingerprint density at radius 3 is 1.42 bits per heavy atom. The predicted octanol–water partition coefficient (Wildman–Crippen LogP) is 20.5. The van der Waals surface area contributed by atoms with Gasteiger partial charge in [-0.3, -0.25) is 14.4 Å². The molecule has 0 amide bonds. The van der Waals surface area contributed by atoms with E-state index in [1.165, 1.54) is 103 Å². The van der Waals surface area contributed by atoms with Crippen molar-refractivity contribution < 1.29 is 33.7 Å². The number of rotatable bonds is 40. The summed E-state index contributed by atoms with van der Waals surface area (Å²) in [5.74, 6) is -0.198. The number of hydrogen-bond donors (Lipinski definition) is 1. The van der Waals surface area contributed by atoms with Crippen LogP contribution in [0.4, 0.5) is 0 Å². The van der Waals surface area contributed by atoms with E-state index < -0.39 is 16.8 Å². The largest absolute Gasteiger partial charge is 0.462 e. The maximum atomic E-state index is 13.6. The quantitative estimate of drug-likeness (QED) is 0.0124. The van der Waals surface area contributed by atoms with E-state index in [4.69, 9.17) is 14.2 Å². The van der Waals surface area contributed by atoms with Crippen molar-refractivity contribution in [3.63, 3.8) is 0 Å². The highest BCUT2D eigenvalue weighted by Crippen LogP contribution is 2.67. The van der Waals surface area contributed by atoms with Gasteiger partial charge in [0.2, 0.25) is 0 Å². The van der Waals surface area contributed by atoms with Crippen molar-refractivity contribution in [2.75, 3.05) is 0 Å². The van der Waals surface area contributed by atoms with Gasteiger partial charge in [-0.2, -0.15) is 0 Å². The summed E-state index contributed by atoms with van der Waals surface area (Å²) in [6.07, 6.45) is 63.4. The molecule has 81 heavy (non-hydrogen) atoms. The number of fused-ring (bicyclic) bond motifs is 1. The maximum absolute atomic E-state index is 13.6. The summed E-state index contributed by atoms with van der Waals surface area (Å²) in [6, 6.07) is 0. The zero-order valence-corrected chi connectivity index (χ0v) is 53.6. The van der Waals surface area contributed by atoms with E-state index in [1.54, 1.807) is 0 Å². The molecule has 0 bridgehead atoms. The minimum absolute atomic E-state index is 0.0773. The minimum Gasteiger partial charge on any atom is -0.462 e. The van der Waals surface area contributed by atoms with Gasteiger partial charge in [0.1, 0.15) is 17.8 Å². The lowest BCUT2D eigenvalue weighted by Gasteiger charge is -2.44. The second kappa shape index (κ2) is 37.8. The molecule has 3 rings (SSSR count). The first kappa shape index (κ1) is 71.0. The van der Waals surface area contributed by atoms with Crippen LogP contribution >= 0.6 is 0 Å². The molecule has 0 aromatic rings. The highest BCUT2D eigenvalue weighted by atomic mass is 16.6. The molecule has 0 spiro atoms. The van der Waals surface area contributed by atoms with E-state index in [1.807, 2.05) is 82.4 Å². The highest BCUT2D eigenvalue weighted by Gasteiger charge is 2.76. The van der Waals surface area contributed by atoms with E-state index in [2.05, 4.69) is 97.6 Å². The van der Waals surface area contributed by atoms with Gasteiger partial charge in [0, 0.05) is 43.1 Å². The molecule has 3 aliphatic rings. The van der Waals surface area contributed by atoms with Gasteiger partial charge in [0.05, 0.1) is 11.2 Å². The van der Waals surface area contributed by atoms with Crippen LogP contribution in [0, 0.1) is 10.8 Å². The van der Waals surface area contributed by atoms with Crippen molar-refractivity contribution in [1.82, 2.24) is 0 Å². The predicted molar refractivity (Wildman–Crippen MR) is 342 cm³/mol. The van der Waals surface area contributed by atoms with E-state index in [9.17, 15) is 19.5 Å². The topological polar surface area (TPSA) is 102 Å². The molecular weight excluding hydrogens is 1000 g/mol. The van der Waals surface area contributed by atoms with E-state index in [0.29, 0.717) is 50.5 Å². The Balaban J connectivity index is 1.37. The highest BCUT2D eigenvalue weighted by molar-refractivity contribution is 5.96.